The molecule has 0 amide bonds. The number of carboxylic acids is 1. The van der Waals surface area contributed by atoms with Crippen molar-refractivity contribution in [2.75, 3.05) is 11.9 Å². The molecule has 0 fully saturated rings. The van der Waals surface area contributed by atoms with Crippen molar-refractivity contribution in [3.05, 3.63) is 97.9 Å². The van der Waals surface area contributed by atoms with E-state index in [4.69, 9.17) is 5.11 Å². The maximum Gasteiger partial charge on any atom is 0.416 e. The van der Waals surface area contributed by atoms with Gasteiger partial charge in [-0.1, -0.05) is 18.2 Å². The van der Waals surface area contributed by atoms with Gasteiger partial charge in [0.1, 0.15) is 0 Å². The first-order valence-electron chi connectivity index (χ1n) is 9.65. The zero-order chi connectivity index (χ0) is 23.5. The highest BCUT2D eigenvalue weighted by molar-refractivity contribution is 9.10. The van der Waals surface area contributed by atoms with E-state index in [1.165, 1.54) is 24.3 Å². The Bertz CT molecular complexity index is 1170. The fraction of sp³-hybridized carbons (Fsp3) is 0.217. The van der Waals surface area contributed by atoms with Gasteiger partial charge in [-0.25, -0.2) is 4.79 Å². The number of benzene rings is 2. The van der Waals surface area contributed by atoms with Gasteiger partial charge in [0.25, 0.3) is 5.56 Å². The molecule has 0 radical (unpaired) electrons. The Morgan fingerprint density at radius 1 is 1.09 bits per heavy atom. The molecule has 0 spiro atoms. The molecule has 1 heterocycles. The van der Waals surface area contributed by atoms with Crippen molar-refractivity contribution in [2.45, 2.75) is 25.7 Å². The Hall–Kier alpha value is -3.07. The summed E-state index contributed by atoms with van der Waals surface area (Å²) in [5, 5.41) is 9.01. The molecule has 0 unspecified atom stereocenters. The maximum absolute atomic E-state index is 13.1. The predicted octanol–water partition coefficient (Wildman–Crippen LogP) is 5.21. The maximum atomic E-state index is 13.1. The number of pyridine rings is 1. The van der Waals surface area contributed by atoms with Crippen LogP contribution in [0.2, 0.25) is 0 Å². The molecule has 168 valence electrons. The quantitative estimate of drug-likeness (QED) is 0.476. The van der Waals surface area contributed by atoms with Crippen LogP contribution in [0, 0.1) is 0 Å². The van der Waals surface area contributed by atoms with E-state index in [0.717, 1.165) is 17.7 Å². The lowest BCUT2D eigenvalue weighted by molar-refractivity contribution is -0.137. The second kappa shape index (κ2) is 9.60. The van der Waals surface area contributed by atoms with E-state index < -0.39 is 17.7 Å². The monoisotopic (exact) mass is 508 g/mol. The molecule has 1 aromatic heterocycles. The van der Waals surface area contributed by atoms with Crippen molar-refractivity contribution in [2.24, 2.45) is 0 Å². The number of halogens is 4. The number of anilines is 1. The molecule has 3 aromatic rings. The third kappa shape index (κ3) is 5.59. The highest BCUT2D eigenvalue weighted by atomic mass is 79.9. The Kier molecular flexibility index (Phi) is 7.08. The minimum absolute atomic E-state index is 0.178. The van der Waals surface area contributed by atoms with Gasteiger partial charge in [0, 0.05) is 29.8 Å². The van der Waals surface area contributed by atoms with Gasteiger partial charge in [-0.2, -0.15) is 13.2 Å². The zero-order valence-corrected chi connectivity index (χ0v) is 18.7. The number of hydrogen-bond donors (Lipinski definition) is 1. The van der Waals surface area contributed by atoms with Gasteiger partial charge in [-0.05, 0) is 64.3 Å². The first-order valence-corrected chi connectivity index (χ1v) is 10.4. The molecule has 9 heteroatoms. The Labute approximate surface area is 190 Å². The van der Waals surface area contributed by atoms with Gasteiger partial charge in [-0.3, -0.25) is 4.79 Å². The number of aromatic carboxylic acids is 1. The van der Waals surface area contributed by atoms with Crippen LogP contribution in [0.1, 0.15) is 27.2 Å². The highest BCUT2D eigenvalue weighted by Crippen LogP contribution is 2.32. The van der Waals surface area contributed by atoms with E-state index in [9.17, 15) is 22.8 Å². The van der Waals surface area contributed by atoms with E-state index >= 15 is 0 Å². The first kappa shape index (κ1) is 23.6. The van der Waals surface area contributed by atoms with Crippen molar-refractivity contribution in [1.29, 1.82) is 0 Å². The van der Waals surface area contributed by atoms with Gasteiger partial charge < -0.3 is 14.6 Å². The summed E-state index contributed by atoms with van der Waals surface area (Å²) in [6.07, 6.45) is -3.96. The minimum atomic E-state index is -4.44. The third-order valence-electron chi connectivity index (χ3n) is 5.07. The van der Waals surface area contributed by atoms with Crippen molar-refractivity contribution in [1.82, 2.24) is 4.57 Å². The smallest absolute Gasteiger partial charge is 0.416 e. The lowest BCUT2D eigenvalue weighted by Gasteiger charge is -2.24. The molecular weight excluding hydrogens is 489 g/mol. The lowest BCUT2D eigenvalue weighted by atomic mass is 10.1. The summed E-state index contributed by atoms with van der Waals surface area (Å²) in [4.78, 5) is 25.2. The number of nitrogens with zero attached hydrogens (tertiary/aromatic N) is 2. The molecule has 0 saturated carbocycles. The van der Waals surface area contributed by atoms with Crippen LogP contribution in [0.15, 0.2) is 69.9 Å². The van der Waals surface area contributed by atoms with Gasteiger partial charge in [0.2, 0.25) is 0 Å². The van der Waals surface area contributed by atoms with Crippen molar-refractivity contribution in [3.8, 4) is 0 Å². The zero-order valence-electron chi connectivity index (χ0n) is 17.1. The molecule has 0 aliphatic carbocycles. The first-order chi connectivity index (χ1) is 15.1. The van der Waals surface area contributed by atoms with Crippen LogP contribution in [0.5, 0.6) is 0 Å². The van der Waals surface area contributed by atoms with Gasteiger partial charge in [-0.15, -0.1) is 0 Å². The highest BCUT2D eigenvalue weighted by Gasteiger charge is 2.30. The van der Waals surface area contributed by atoms with Crippen LogP contribution in [-0.2, 0) is 25.7 Å². The number of hydrogen-bond acceptors (Lipinski definition) is 3. The van der Waals surface area contributed by atoms with Crippen LogP contribution in [-0.4, -0.2) is 22.7 Å². The van der Waals surface area contributed by atoms with E-state index in [1.54, 1.807) is 40.8 Å². The van der Waals surface area contributed by atoms with Gasteiger partial charge >= 0.3 is 12.1 Å². The summed E-state index contributed by atoms with van der Waals surface area (Å²) in [5.41, 5.74) is 1.06. The third-order valence-corrected chi connectivity index (χ3v) is 5.79. The summed E-state index contributed by atoms with van der Waals surface area (Å²) < 4.78 is 41.4. The summed E-state index contributed by atoms with van der Waals surface area (Å²) in [6.45, 7) is 0.534. The molecule has 5 nitrogen and oxygen atoms in total. The SMILES string of the molecule is CN(Cc1c(Br)ccc(=O)n1CCc1ccc(C(=O)O)cc1)c1cccc(C(F)(F)F)c1. The topological polar surface area (TPSA) is 62.5 Å². The number of alkyl halides is 3. The number of rotatable bonds is 7. The summed E-state index contributed by atoms with van der Waals surface area (Å²) in [5.74, 6) is -1.01. The fourth-order valence-electron chi connectivity index (χ4n) is 3.29. The van der Waals surface area contributed by atoms with E-state index in [1.807, 2.05) is 0 Å². The summed E-state index contributed by atoms with van der Waals surface area (Å²) in [7, 11) is 1.66. The summed E-state index contributed by atoms with van der Waals surface area (Å²) >= 11 is 3.45. The molecule has 3 rings (SSSR count). The van der Waals surface area contributed by atoms with Crippen molar-refractivity contribution in [3.63, 3.8) is 0 Å². The Morgan fingerprint density at radius 2 is 1.78 bits per heavy atom. The number of aromatic nitrogens is 1. The molecule has 0 atom stereocenters. The average molecular weight is 509 g/mol. The van der Waals surface area contributed by atoms with Crippen LogP contribution < -0.4 is 10.5 Å². The summed E-state index contributed by atoms with van der Waals surface area (Å²) in [6, 6.07) is 14.5. The van der Waals surface area contributed by atoms with E-state index in [-0.39, 0.29) is 17.7 Å². The standard InChI is InChI=1S/C23H20BrF3N2O3/c1-28(18-4-2-3-17(13-18)23(25,26)27)14-20-19(24)9-10-21(30)29(20)12-11-15-5-7-16(8-6-15)22(31)32/h2-10,13H,11-12,14H2,1H3,(H,31,32). The molecular formula is C23H20BrF3N2O3. The molecule has 1 N–H and O–H groups in total. The predicted molar refractivity (Wildman–Crippen MR) is 119 cm³/mol. The van der Waals surface area contributed by atoms with Gasteiger partial charge in [0.05, 0.1) is 23.4 Å². The van der Waals surface area contributed by atoms with E-state index in [0.29, 0.717) is 28.8 Å². The lowest BCUT2D eigenvalue weighted by Crippen LogP contribution is -2.28. The van der Waals surface area contributed by atoms with Crippen molar-refractivity contribution >= 4 is 27.6 Å². The Balaban J connectivity index is 1.84. The molecule has 0 saturated heterocycles. The normalized spacial score (nSPS) is 11.4. The fourth-order valence-corrected chi connectivity index (χ4v) is 3.76. The average Bonchev–Trinajstić information content (AvgIpc) is 2.75. The Morgan fingerprint density at radius 3 is 2.41 bits per heavy atom. The van der Waals surface area contributed by atoms with Crippen LogP contribution >= 0.6 is 15.9 Å². The van der Waals surface area contributed by atoms with Crippen molar-refractivity contribution < 1.29 is 23.1 Å². The molecule has 0 aliphatic rings. The van der Waals surface area contributed by atoms with Crippen LogP contribution in [0.25, 0.3) is 0 Å². The second-order valence-electron chi connectivity index (χ2n) is 7.27. The van der Waals surface area contributed by atoms with Crippen LogP contribution in [0.3, 0.4) is 0 Å². The second-order valence-corrected chi connectivity index (χ2v) is 8.13. The number of carboxylic acid groups (broad SMARTS) is 1. The largest absolute Gasteiger partial charge is 0.478 e. The number of aryl methyl sites for hydroxylation is 1. The van der Waals surface area contributed by atoms with Crippen LogP contribution in [0.4, 0.5) is 18.9 Å². The number of carbonyl (C=O) groups is 1. The van der Waals surface area contributed by atoms with E-state index in [2.05, 4.69) is 15.9 Å². The molecule has 2 aromatic carbocycles. The molecule has 0 bridgehead atoms. The minimum Gasteiger partial charge on any atom is -0.478 e. The van der Waals surface area contributed by atoms with Gasteiger partial charge in [0.15, 0.2) is 0 Å². The molecule has 32 heavy (non-hydrogen) atoms. The molecule has 0 aliphatic heterocycles.